The summed E-state index contributed by atoms with van der Waals surface area (Å²) >= 11 is 0. The Bertz CT molecular complexity index is 795. The van der Waals surface area contributed by atoms with Crippen LogP contribution in [0, 0.1) is 23.2 Å². The maximum Gasteiger partial charge on any atom is 0.341 e. The molecule has 10 atom stereocenters. The summed E-state index contributed by atoms with van der Waals surface area (Å²) < 4.78 is 17.0. The second-order valence-corrected chi connectivity index (χ2v) is 9.50. The molecule has 0 aromatic heterocycles. The van der Waals surface area contributed by atoms with Crippen molar-refractivity contribution in [2.75, 3.05) is 0 Å². The van der Waals surface area contributed by atoms with Crippen molar-refractivity contribution < 1.29 is 38.7 Å². The van der Waals surface area contributed by atoms with Gasteiger partial charge < -0.3 is 19.3 Å². The van der Waals surface area contributed by atoms with E-state index in [-0.39, 0.29) is 18.0 Å². The Hall–Kier alpha value is -1.48. The number of rotatable bonds is 2. The summed E-state index contributed by atoms with van der Waals surface area (Å²) in [5.74, 6) is -4.37. The van der Waals surface area contributed by atoms with Crippen molar-refractivity contribution in [2.45, 2.75) is 76.3 Å². The number of fused-ring (bicyclic) bond motifs is 1. The van der Waals surface area contributed by atoms with Crippen LogP contribution in [0.4, 0.5) is 0 Å². The average Bonchev–Trinajstić information content (AvgIpc) is 3.14. The Kier molecular flexibility index (Phi) is 3.42. The van der Waals surface area contributed by atoms with E-state index in [9.17, 15) is 14.7 Å². The predicted octanol–water partition coefficient (Wildman–Crippen LogP) is 1.26. The number of ether oxygens (including phenoxy) is 3. The fourth-order valence-electron chi connectivity index (χ4n) is 5.81. The second-order valence-electron chi connectivity index (χ2n) is 9.50. The third-order valence-electron chi connectivity index (χ3n) is 7.85. The van der Waals surface area contributed by atoms with Crippen molar-refractivity contribution in [1.82, 2.24) is 0 Å². The van der Waals surface area contributed by atoms with Crippen LogP contribution in [0.3, 0.4) is 0 Å². The summed E-state index contributed by atoms with van der Waals surface area (Å²) in [4.78, 5) is 36.6. The quantitative estimate of drug-likeness (QED) is 0.323. The van der Waals surface area contributed by atoms with Crippen LogP contribution in [0.15, 0.2) is 12.2 Å². The predicted molar refractivity (Wildman–Crippen MR) is 92.2 cm³/mol. The molecule has 28 heavy (non-hydrogen) atoms. The smallest absolute Gasteiger partial charge is 0.341 e. The van der Waals surface area contributed by atoms with E-state index in [4.69, 9.17) is 24.0 Å². The molecule has 0 aromatic carbocycles. The molecule has 4 fully saturated rings. The van der Waals surface area contributed by atoms with Crippen LogP contribution in [-0.4, -0.2) is 52.3 Å². The minimum Gasteiger partial charge on any atom is -0.461 e. The first-order chi connectivity index (χ1) is 13.0. The van der Waals surface area contributed by atoms with Gasteiger partial charge in [0.15, 0.2) is 11.7 Å². The Balaban J connectivity index is 1.62. The number of hydrogen-bond donors (Lipinski definition) is 1. The first kappa shape index (κ1) is 18.5. The molecule has 2 aliphatic carbocycles. The Morgan fingerprint density at radius 2 is 1.93 bits per heavy atom. The summed E-state index contributed by atoms with van der Waals surface area (Å²) in [6.07, 6.45) is 2.37. The van der Waals surface area contributed by atoms with E-state index in [1.807, 2.05) is 26.0 Å². The van der Waals surface area contributed by atoms with Gasteiger partial charge in [0.2, 0.25) is 5.79 Å². The van der Waals surface area contributed by atoms with E-state index < -0.39 is 52.4 Å². The Morgan fingerprint density at radius 1 is 1.25 bits per heavy atom. The molecule has 0 radical (unpaired) electrons. The van der Waals surface area contributed by atoms with Crippen LogP contribution in [0.2, 0.25) is 0 Å². The van der Waals surface area contributed by atoms with Crippen LogP contribution in [0.25, 0.3) is 0 Å². The van der Waals surface area contributed by atoms with Crippen molar-refractivity contribution in [3.05, 3.63) is 12.2 Å². The second kappa shape index (κ2) is 5.16. The lowest BCUT2D eigenvalue weighted by Gasteiger charge is -2.65. The molecule has 8 heteroatoms. The highest BCUT2D eigenvalue weighted by atomic mass is 17.2. The molecule has 0 aromatic rings. The summed E-state index contributed by atoms with van der Waals surface area (Å²) in [6.45, 7) is 8.87. The van der Waals surface area contributed by atoms with Gasteiger partial charge in [-0.05, 0) is 27.2 Å². The molecule has 4 bridgehead atoms. The lowest BCUT2D eigenvalue weighted by atomic mass is 9.50. The molecule has 5 rings (SSSR count). The molecule has 5 aliphatic rings. The van der Waals surface area contributed by atoms with Crippen molar-refractivity contribution in [3.63, 3.8) is 0 Å². The fourth-order valence-corrected chi connectivity index (χ4v) is 5.81. The minimum atomic E-state index is -1.96. The van der Waals surface area contributed by atoms with Gasteiger partial charge in [0.1, 0.15) is 11.7 Å². The number of carbonyl (C=O) groups is 2. The van der Waals surface area contributed by atoms with Crippen LogP contribution in [0.5, 0.6) is 0 Å². The molecular weight excluding hydrogens is 368 g/mol. The third-order valence-corrected chi connectivity index (χ3v) is 7.85. The molecule has 0 spiro atoms. The van der Waals surface area contributed by atoms with Gasteiger partial charge in [0.05, 0.1) is 23.4 Å². The maximum absolute atomic E-state index is 12.8. The van der Waals surface area contributed by atoms with E-state index in [0.29, 0.717) is 6.42 Å². The number of aliphatic hydroxyl groups is 1. The minimum absolute atomic E-state index is 0.280. The number of carbonyl (C=O) groups excluding carboxylic acids is 2. The van der Waals surface area contributed by atoms with Crippen molar-refractivity contribution in [3.8, 4) is 0 Å². The van der Waals surface area contributed by atoms with Crippen LogP contribution >= 0.6 is 0 Å². The Labute approximate surface area is 163 Å². The summed E-state index contributed by atoms with van der Waals surface area (Å²) in [6, 6.07) is 0. The van der Waals surface area contributed by atoms with Crippen LogP contribution in [0.1, 0.15) is 41.0 Å². The van der Waals surface area contributed by atoms with Crippen LogP contribution < -0.4 is 0 Å². The molecule has 3 saturated heterocycles. The zero-order valence-electron chi connectivity index (χ0n) is 16.6. The van der Waals surface area contributed by atoms with Gasteiger partial charge in [-0.1, -0.05) is 26.0 Å². The fraction of sp³-hybridized carbons (Fsp3) is 0.800. The molecule has 10 unspecified atom stereocenters. The monoisotopic (exact) mass is 394 g/mol. The highest BCUT2D eigenvalue weighted by Gasteiger charge is 2.78. The largest absolute Gasteiger partial charge is 0.461 e. The van der Waals surface area contributed by atoms with Crippen LogP contribution in [-0.2, 0) is 33.6 Å². The summed E-state index contributed by atoms with van der Waals surface area (Å²) in [7, 11) is 0. The van der Waals surface area contributed by atoms with Gasteiger partial charge >= 0.3 is 11.9 Å². The first-order valence-corrected chi connectivity index (χ1v) is 9.84. The zero-order valence-corrected chi connectivity index (χ0v) is 16.6. The molecule has 3 aliphatic heterocycles. The van der Waals surface area contributed by atoms with E-state index in [1.165, 1.54) is 0 Å². The van der Waals surface area contributed by atoms with Crippen molar-refractivity contribution in [1.29, 1.82) is 0 Å². The van der Waals surface area contributed by atoms with Gasteiger partial charge in [0, 0.05) is 5.92 Å². The molecule has 0 amide bonds. The van der Waals surface area contributed by atoms with Gasteiger partial charge in [0.25, 0.3) is 0 Å². The molecule has 154 valence electrons. The Morgan fingerprint density at radius 3 is 2.57 bits per heavy atom. The molecular formula is C20H26O8. The number of hydrogen-bond acceptors (Lipinski definition) is 8. The van der Waals surface area contributed by atoms with Gasteiger partial charge in [-0.25, -0.2) is 9.68 Å². The lowest BCUT2D eigenvalue weighted by Crippen LogP contribution is -2.77. The maximum atomic E-state index is 12.8. The van der Waals surface area contributed by atoms with Gasteiger partial charge in [-0.2, -0.15) is 4.89 Å². The molecule has 3 heterocycles. The van der Waals surface area contributed by atoms with E-state index in [2.05, 4.69) is 0 Å². The highest BCUT2D eigenvalue weighted by Crippen LogP contribution is 2.65. The van der Waals surface area contributed by atoms with Crippen molar-refractivity contribution in [2.24, 2.45) is 23.2 Å². The third kappa shape index (κ3) is 1.94. The highest BCUT2D eigenvalue weighted by molar-refractivity contribution is 5.83. The first-order valence-electron chi connectivity index (χ1n) is 9.84. The van der Waals surface area contributed by atoms with E-state index >= 15 is 0 Å². The summed E-state index contributed by atoms with van der Waals surface area (Å²) in [5.41, 5.74) is -2.80. The lowest BCUT2D eigenvalue weighted by molar-refractivity contribution is -0.555. The van der Waals surface area contributed by atoms with Gasteiger partial charge in [-0.15, -0.1) is 0 Å². The van der Waals surface area contributed by atoms with Crippen molar-refractivity contribution >= 4 is 11.9 Å². The van der Waals surface area contributed by atoms with E-state index in [1.54, 1.807) is 20.8 Å². The molecule has 8 nitrogen and oxygen atoms in total. The van der Waals surface area contributed by atoms with E-state index in [0.717, 1.165) is 0 Å². The molecule has 1 saturated carbocycles. The molecule has 1 N–H and O–H groups in total. The number of epoxide rings is 1. The SMILES string of the molecule is CC1C(=O)OC2C1C(OC(=O)C1(C)OC1C)C1(O)OOC3(C)CC=CC1(C)C23. The topological polar surface area (TPSA) is 104 Å². The standard InChI is InChI=1S/C20H26O8/c1-9-11-12(24-15(9)21)13-17(3)7-6-8-18(13,4)27-28-20(17,23)14(11)25-16(22)19(5)10(2)26-19/h6-7,9-14,23H,8H2,1-5H3. The summed E-state index contributed by atoms with van der Waals surface area (Å²) in [5, 5.41) is 11.7. The normalized spacial score (nSPS) is 58.7. The average molecular weight is 394 g/mol. The van der Waals surface area contributed by atoms with Gasteiger partial charge in [-0.3, -0.25) is 4.79 Å². The number of esters is 2. The zero-order chi connectivity index (χ0) is 20.3.